The van der Waals surface area contributed by atoms with Crippen molar-refractivity contribution in [1.82, 2.24) is 10.3 Å². The average molecular weight is 368 g/mol. The van der Waals surface area contributed by atoms with E-state index < -0.39 is 0 Å². The Morgan fingerprint density at radius 2 is 1.78 bits per heavy atom. The quantitative estimate of drug-likeness (QED) is 0.790. The number of nitrogens with zero attached hydrogens (tertiary/aromatic N) is 2. The van der Waals surface area contributed by atoms with Crippen LogP contribution in [0, 0.1) is 6.92 Å². The molecule has 1 aromatic carbocycles. The molecule has 4 heteroatoms. The van der Waals surface area contributed by atoms with Gasteiger partial charge >= 0.3 is 0 Å². The highest BCUT2D eigenvalue weighted by atomic mass is 16.3. The van der Waals surface area contributed by atoms with E-state index in [4.69, 9.17) is 4.98 Å². The molecular formula is C23H33N3O. The standard InChI is InChI=1S/C23H33N3O/c1-17-8-9-18-15-19(16-24-20-6-4-2-3-5-7-20)23(25-22(18)14-17)26-12-10-21(27)11-13-26/h8-9,14-15,20-21,24,27H,2-7,10-13,16H2,1H3. The van der Waals surface area contributed by atoms with Gasteiger partial charge in [0.25, 0.3) is 0 Å². The molecule has 146 valence electrons. The number of rotatable bonds is 4. The molecule has 0 amide bonds. The van der Waals surface area contributed by atoms with Gasteiger partial charge in [0.2, 0.25) is 0 Å². The molecular weight excluding hydrogens is 334 g/mol. The van der Waals surface area contributed by atoms with Gasteiger partial charge in [-0.2, -0.15) is 0 Å². The summed E-state index contributed by atoms with van der Waals surface area (Å²) in [6.07, 6.45) is 9.58. The Labute approximate surface area is 163 Å². The van der Waals surface area contributed by atoms with Gasteiger partial charge in [-0.1, -0.05) is 37.8 Å². The van der Waals surface area contributed by atoms with E-state index in [1.807, 2.05) is 0 Å². The van der Waals surface area contributed by atoms with Crippen LogP contribution in [0.2, 0.25) is 0 Å². The van der Waals surface area contributed by atoms with Crippen molar-refractivity contribution < 1.29 is 5.11 Å². The Morgan fingerprint density at radius 1 is 1.04 bits per heavy atom. The highest BCUT2D eigenvalue weighted by Crippen LogP contribution is 2.27. The summed E-state index contributed by atoms with van der Waals surface area (Å²) in [4.78, 5) is 7.44. The summed E-state index contributed by atoms with van der Waals surface area (Å²) in [5, 5.41) is 14.9. The summed E-state index contributed by atoms with van der Waals surface area (Å²) in [5.41, 5.74) is 3.63. The maximum Gasteiger partial charge on any atom is 0.133 e. The third-order valence-corrected chi connectivity index (χ3v) is 6.23. The van der Waals surface area contributed by atoms with Crippen LogP contribution < -0.4 is 10.2 Å². The van der Waals surface area contributed by atoms with E-state index in [0.717, 1.165) is 43.8 Å². The smallest absolute Gasteiger partial charge is 0.133 e. The van der Waals surface area contributed by atoms with Crippen molar-refractivity contribution in [3.8, 4) is 0 Å². The van der Waals surface area contributed by atoms with E-state index in [0.29, 0.717) is 6.04 Å². The number of aliphatic hydroxyl groups is 1. The van der Waals surface area contributed by atoms with Gasteiger partial charge in [-0.05, 0) is 50.3 Å². The van der Waals surface area contributed by atoms with Crippen molar-refractivity contribution >= 4 is 16.7 Å². The van der Waals surface area contributed by atoms with E-state index in [-0.39, 0.29) is 6.10 Å². The molecule has 1 aromatic heterocycles. The molecule has 2 heterocycles. The van der Waals surface area contributed by atoms with E-state index >= 15 is 0 Å². The minimum atomic E-state index is -0.156. The second-order valence-electron chi connectivity index (χ2n) is 8.45. The number of aliphatic hydroxyl groups excluding tert-OH is 1. The molecule has 0 spiro atoms. The molecule has 27 heavy (non-hydrogen) atoms. The van der Waals surface area contributed by atoms with E-state index in [2.05, 4.69) is 41.4 Å². The molecule has 2 N–H and O–H groups in total. The monoisotopic (exact) mass is 367 g/mol. The predicted octanol–water partition coefficient (Wildman–Crippen LogP) is 4.32. The number of fused-ring (bicyclic) bond motifs is 1. The molecule has 0 radical (unpaired) electrons. The fourth-order valence-electron chi connectivity index (χ4n) is 4.53. The second-order valence-corrected chi connectivity index (χ2v) is 8.45. The van der Waals surface area contributed by atoms with Gasteiger partial charge in [0.1, 0.15) is 5.82 Å². The minimum Gasteiger partial charge on any atom is -0.393 e. The van der Waals surface area contributed by atoms with Gasteiger partial charge in [0, 0.05) is 36.6 Å². The first kappa shape index (κ1) is 18.7. The van der Waals surface area contributed by atoms with Gasteiger partial charge in [-0.25, -0.2) is 4.98 Å². The highest BCUT2D eigenvalue weighted by Gasteiger charge is 2.22. The van der Waals surface area contributed by atoms with Gasteiger partial charge in [-0.3, -0.25) is 0 Å². The molecule has 2 aromatic rings. The molecule has 1 saturated carbocycles. The number of nitrogens with one attached hydrogen (secondary N) is 1. The number of aryl methyl sites for hydroxylation is 1. The van der Waals surface area contributed by atoms with Crippen molar-refractivity contribution in [1.29, 1.82) is 0 Å². The van der Waals surface area contributed by atoms with Gasteiger partial charge < -0.3 is 15.3 Å². The number of anilines is 1. The molecule has 1 aliphatic heterocycles. The van der Waals surface area contributed by atoms with Crippen molar-refractivity contribution in [2.75, 3.05) is 18.0 Å². The predicted molar refractivity (Wildman–Crippen MR) is 112 cm³/mol. The third kappa shape index (κ3) is 4.61. The number of benzene rings is 1. The average Bonchev–Trinajstić information content (AvgIpc) is 2.95. The molecule has 0 unspecified atom stereocenters. The van der Waals surface area contributed by atoms with E-state index in [1.54, 1.807) is 0 Å². The molecule has 1 saturated heterocycles. The summed E-state index contributed by atoms with van der Waals surface area (Å²) in [6, 6.07) is 9.50. The highest BCUT2D eigenvalue weighted by molar-refractivity contribution is 5.82. The summed E-state index contributed by atoms with van der Waals surface area (Å²) < 4.78 is 0. The van der Waals surface area contributed by atoms with E-state index in [1.165, 1.54) is 55.0 Å². The molecule has 0 bridgehead atoms. The summed E-state index contributed by atoms with van der Waals surface area (Å²) >= 11 is 0. The van der Waals surface area contributed by atoms with Crippen LogP contribution in [0.5, 0.6) is 0 Å². The summed E-state index contributed by atoms with van der Waals surface area (Å²) in [7, 11) is 0. The normalized spacial score (nSPS) is 20.1. The second kappa shape index (κ2) is 8.57. The fraction of sp³-hybridized carbons (Fsp3) is 0.609. The molecule has 2 aliphatic rings. The fourth-order valence-corrected chi connectivity index (χ4v) is 4.53. The van der Waals surface area contributed by atoms with Crippen LogP contribution in [0.3, 0.4) is 0 Å². The number of hydrogen-bond donors (Lipinski definition) is 2. The Bertz CT molecular complexity index is 760. The molecule has 2 fully saturated rings. The lowest BCUT2D eigenvalue weighted by atomic mass is 10.0. The third-order valence-electron chi connectivity index (χ3n) is 6.23. The number of aromatic nitrogens is 1. The van der Waals surface area contributed by atoms with Crippen LogP contribution in [-0.4, -0.2) is 35.3 Å². The minimum absolute atomic E-state index is 0.156. The van der Waals surface area contributed by atoms with Crippen LogP contribution in [0.25, 0.3) is 10.9 Å². The van der Waals surface area contributed by atoms with Crippen LogP contribution in [-0.2, 0) is 6.54 Å². The van der Waals surface area contributed by atoms with Gasteiger partial charge in [0.15, 0.2) is 0 Å². The van der Waals surface area contributed by atoms with Gasteiger partial charge in [0.05, 0.1) is 11.6 Å². The lowest BCUT2D eigenvalue weighted by Gasteiger charge is -2.32. The van der Waals surface area contributed by atoms with Crippen LogP contribution in [0.15, 0.2) is 24.3 Å². The Kier molecular flexibility index (Phi) is 5.94. The van der Waals surface area contributed by atoms with Crippen LogP contribution in [0.1, 0.15) is 62.5 Å². The lowest BCUT2D eigenvalue weighted by Crippen LogP contribution is -2.37. The zero-order valence-corrected chi connectivity index (χ0v) is 16.6. The van der Waals surface area contributed by atoms with Crippen molar-refractivity contribution in [3.05, 3.63) is 35.4 Å². The first-order chi connectivity index (χ1) is 13.2. The van der Waals surface area contributed by atoms with Crippen molar-refractivity contribution in [2.45, 2.75) is 77.0 Å². The molecule has 4 nitrogen and oxygen atoms in total. The van der Waals surface area contributed by atoms with E-state index in [9.17, 15) is 5.11 Å². The Balaban J connectivity index is 1.59. The largest absolute Gasteiger partial charge is 0.393 e. The van der Waals surface area contributed by atoms with Gasteiger partial charge in [-0.15, -0.1) is 0 Å². The topological polar surface area (TPSA) is 48.4 Å². The molecule has 4 rings (SSSR count). The first-order valence-electron chi connectivity index (χ1n) is 10.8. The van der Waals surface area contributed by atoms with Crippen molar-refractivity contribution in [3.63, 3.8) is 0 Å². The number of piperidine rings is 1. The number of pyridine rings is 1. The maximum absolute atomic E-state index is 9.89. The SMILES string of the molecule is Cc1ccc2cc(CNC3CCCCCC3)c(N3CCC(O)CC3)nc2c1. The maximum atomic E-state index is 9.89. The number of hydrogen-bond acceptors (Lipinski definition) is 4. The van der Waals surface area contributed by atoms with Crippen LogP contribution in [0.4, 0.5) is 5.82 Å². The zero-order chi connectivity index (χ0) is 18.6. The lowest BCUT2D eigenvalue weighted by molar-refractivity contribution is 0.145. The van der Waals surface area contributed by atoms with Crippen molar-refractivity contribution in [2.24, 2.45) is 0 Å². The molecule has 0 atom stereocenters. The first-order valence-corrected chi connectivity index (χ1v) is 10.8. The Morgan fingerprint density at radius 3 is 2.52 bits per heavy atom. The molecule has 1 aliphatic carbocycles. The summed E-state index contributed by atoms with van der Waals surface area (Å²) in [5.74, 6) is 1.11. The van der Waals surface area contributed by atoms with Crippen LogP contribution >= 0.6 is 0 Å². The Hall–Kier alpha value is -1.65. The zero-order valence-electron chi connectivity index (χ0n) is 16.6. The summed E-state index contributed by atoms with van der Waals surface area (Å²) in [6.45, 7) is 4.79.